The predicted molar refractivity (Wildman–Crippen MR) is 63.5 cm³/mol. The SMILES string of the molecule is COCC(O)CN(C)C(=O)c1ccnc(N)c1. The molecule has 6 heteroatoms. The fourth-order valence-electron chi connectivity index (χ4n) is 1.45. The van der Waals surface area contributed by atoms with Gasteiger partial charge < -0.3 is 20.5 Å². The van der Waals surface area contributed by atoms with Crippen LogP contribution in [-0.2, 0) is 4.74 Å². The second-order valence-corrected chi connectivity index (χ2v) is 3.76. The minimum atomic E-state index is -0.701. The first-order chi connectivity index (χ1) is 8.04. The van der Waals surface area contributed by atoms with Crippen molar-refractivity contribution < 1.29 is 14.6 Å². The number of likely N-dealkylation sites (N-methyl/N-ethyl adjacent to an activating group) is 1. The molecule has 1 unspecified atom stereocenters. The fourth-order valence-corrected chi connectivity index (χ4v) is 1.45. The molecule has 3 N–H and O–H groups in total. The zero-order valence-corrected chi connectivity index (χ0v) is 9.96. The molecule has 0 aliphatic rings. The van der Waals surface area contributed by atoms with E-state index in [9.17, 15) is 9.90 Å². The molecule has 0 saturated heterocycles. The number of aromatic nitrogens is 1. The summed E-state index contributed by atoms with van der Waals surface area (Å²) in [6, 6.07) is 3.08. The summed E-state index contributed by atoms with van der Waals surface area (Å²) >= 11 is 0. The lowest BCUT2D eigenvalue weighted by molar-refractivity contribution is 0.0380. The first-order valence-electron chi connectivity index (χ1n) is 5.18. The van der Waals surface area contributed by atoms with E-state index in [4.69, 9.17) is 10.5 Å². The second kappa shape index (κ2) is 6.17. The molecule has 1 aromatic rings. The van der Waals surface area contributed by atoms with Crippen LogP contribution in [0.3, 0.4) is 0 Å². The molecule has 1 rings (SSSR count). The topological polar surface area (TPSA) is 88.7 Å². The summed E-state index contributed by atoms with van der Waals surface area (Å²) in [7, 11) is 3.10. The molecule has 0 aliphatic carbocycles. The molecular formula is C11H17N3O3. The smallest absolute Gasteiger partial charge is 0.253 e. The number of aliphatic hydroxyl groups excluding tert-OH is 1. The number of carbonyl (C=O) groups excluding carboxylic acids is 1. The Hall–Kier alpha value is -1.66. The van der Waals surface area contributed by atoms with Crippen LogP contribution in [0.2, 0.25) is 0 Å². The Labute approximate surface area is 100 Å². The third kappa shape index (κ3) is 4.01. The Kier molecular flexibility index (Phi) is 4.86. The van der Waals surface area contributed by atoms with Gasteiger partial charge in [-0.25, -0.2) is 4.98 Å². The molecule has 0 saturated carbocycles. The lowest BCUT2D eigenvalue weighted by Gasteiger charge is -2.20. The number of methoxy groups -OCH3 is 1. The maximum Gasteiger partial charge on any atom is 0.253 e. The maximum atomic E-state index is 11.9. The summed E-state index contributed by atoms with van der Waals surface area (Å²) in [4.78, 5) is 17.2. The summed E-state index contributed by atoms with van der Waals surface area (Å²) < 4.78 is 4.79. The van der Waals surface area contributed by atoms with Crippen LogP contribution in [0.4, 0.5) is 5.82 Å². The van der Waals surface area contributed by atoms with Gasteiger partial charge in [0.25, 0.3) is 5.91 Å². The summed E-state index contributed by atoms with van der Waals surface area (Å²) in [6.45, 7) is 0.394. The molecule has 1 aromatic heterocycles. The van der Waals surface area contributed by atoms with Crippen LogP contribution in [-0.4, -0.2) is 54.3 Å². The monoisotopic (exact) mass is 239 g/mol. The summed E-state index contributed by atoms with van der Waals surface area (Å²) in [5.74, 6) is 0.0796. The van der Waals surface area contributed by atoms with Gasteiger partial charge in [0, 0.05) is 32.5 Å². The highest BCUT2D eigenvalue weighted by Crippen LogP contribution is 2.06. The number of carbonyl (C=O) groups is 1. The quantitative estimate of drug-likeness (QED) is 0.739. The Morgan fingerprint density at radius 1 is 1.71 bits per heavy atom. The van der Waals surface area contributed by atoms with Crippen molar-refractivity contribution in [3.05, 3.63) is 23.9 Å². The van der Waals surface area contributed by atoms with Gasteiger partial charge in [-0.3, -0.25) is 4.79 Å². The lowest BCUT2D eigenvalue weighted by atomic mass is 10.2. The van der Waals surface area contributed by atoms with Gasteiger partial charge in [-0.2, -0.15) is 0 Å². The minimum Gasteiger partial charge on any atom is -0.389 e. The molecule has 0 aliphatic heterocycles. The molecule has 94 valence electrons. The standard InChI is InChI=1S/C11H17N3O3/c1-14(6-9(15)7-17-2)11(16)8-3-4-13-10(12)5-8/h3-5,9,15H,6-7H2,1-2H3,(H2,12,13). The number of ether oxygens (including phenoxy) is 1. The van der Waals surface area contributed by atoms with Crippen LogP contribution in [0.5, 0.6) is 0 Å². The number of amides is 1. The molecule has 6 nitrogen and oxygen atoms in total. The molecule has 1 amide bonds. The van der Waals surface area contributed by atoms with Crippen LogP contribution in [0.15, 0.2) is 18.3 Å². The largest absolute Gasteiger partial charge is 0.389 e. The van der Waals surface area contributed by atoms with Crippen molar-refractivity contribution in [1.29, 1.82) is 0 Å². The second-order valence-electron chi connectivity index (χ2n) is 3.76. The Balaban J connectivity index is 2.63. The maximum absolute atomic E-state index is 11.9. The normalized spacial score (nSPS) is 12.2. The van der Waals surface area contributed by atoms with Crippen molar-refractivity contribution in [1.82, 2.24) is 9.88 Å². The number of nitrogens with two attached hydrogens (primary N) is 1. The third-order valence-electron chi connectivity index (χ3n) is 2.22. The third-order valence-corrected chi connectivity index (χ3v) is 2.22. The summed E-state index contributed by atoms with van der Waals surface area (Å²) in [6.07, 6.45) is 0.773. The Morgan fingerprint density at radius 2 is 2.41 bits per heavy atom. The average molecular weight is 239 g/mol. The molecule has 0 spiro atoms. The van der Waals surface area contributed by atoms with Crippen molar-refractivity contribution in [3.8, 4) is 0 Å². The van der Waals surface area contributed by atoms with Gasteiger partial charge in [0.1, 0.15) is 5.82 Å². The zero-order valence-electron chi connectivity index (χ0n) is 9.96. The number of anilines is 1. The van der Waals surface area contributed by atoms with E-state index in [-0.39, 0.29) is 19.1 Å². The highest BCUT2D eigenvalue weighted by Gasteiger charge is 2.15. The Morgan fingerprint density at radius 3 is 3.00 bits per heavy atom. The van der Waals surface area contributed by atoms with Crippen LogP contribution in [0, 0.1) is 0 Å². The van der Waals surface area contributed by atoms with Crippen LogP contribution >= 0.6 is 0 Å². The van der Waals surface area contributed by atoms with Gasteiger partial charge in [0.05, 0.1) is 12.7 Å². The average Bonchev–Trinajstić information content (AvgIpc) is 2.28. The van der Waals surface area contributed by atoms with E-state index in [0.29, 0.717) is 11.4 Å². The van der Waals surface area contributed by atoms with E-state index in [2.05, 4.69) is 4.98 Å². The molecule has 1 atom stereocenters. The minimum absolute atomic E-state index is 0.191. The van der Waals surface area contributed by atoms with E-state index in [1.807, 2.05) is 0 Å². The number of nitrogens with zero attached hydrogens (tertiary/aromatic N) is 2. The molecule has 0 aromatic carbocycles. The van der Waals surface area contributed by atoms with Crippen LogP contribution in [0.25, 0.3) is 0 Å². The molecule has 0 fully saturated rings. The number of hydrogen-bond acceptors (Lipinski definition) is 5. The van der Waals surface area contributed by atoms with Crippen LogP contribution in [0.1, 0.15) is 10.4 Å². The summed E-state index contributed by atoms with van der Waals surface area (Å²) in [5, 5.41) is 9.51. The van der Waals surface area contributed by atoms with Gasteiger partial charge >= 0.3 is 0 Å². The Bertz CT molecular complexity index is 384. The van der Waals surface area contributed by atoms with E-state index in [1.165, 1.54) is 24.3 Å². The van der Waals surface area contributed by atoms with Crippen molar-refractivity contribution in [2.75, 3.05) is 33.0 Å². The highest BCUT2D eigenvalue weighted by molar-refractivity contribution is 5.94. The van der Waals surface area contributed by atoms with Crippen molar-refractivity contribution >= 4 is 11.7 Å². The predicted octanol–water partition coefficient (Wildman–Crippen LogP) is -0.257. The summed E-state index contributed by atoms with van der Waals surface area (Å²) in [5.41, 5.74) is 5.94. The number of hydrogen-bond donors (Lipinski definition) is 2. The van der Waals surface area contributed by atoms with Crippen molar-refractivity contribution in [2.24, 2.45) is 0 Å². The van der Waals surface area contributed by atoms with E-state index in [0.717, 1.165) is 0 Å². The number of aliphatic hydroxyl groups is 1. The van der Waals surface area contributed by atoms with Crippen LogP contribution < -0.4 is 5.73 Å². The van der Waals surface area contributed by atoms with Gasteiger partial charge in [-0.05, 0) is 12.1 Å². The molecule has 0 radical (unpaired) electrons. The van der Waals surface area contributed by atoms with E-state index < -0.39 is 6.10 Å². The van der Waals surface area contributed by atoms with E-state index >= 15 is 0 Å². The number of pyridine rings is 1. The van der Waals surface area contributed by atoms with E-state index in [1.54, 1.807) is 13.1 Å². The molecular weight excluding hydrogens is 222 g/mol. The molecule has 1 heterocycles. The molecule has 17 heavy (non-hydrogen) atoms. The van der Waals surface area contributed by atoms with Gasteiger partial charge in [-0.15, -0.1) is 0 Å². The fraction of sp³-hybridized carbons (Fsp3) is 0.455. The molecule has 0 bridgehead atoms. The van der Waals surface area contributed by atoms with Gasteiger partial charge in [-0.1, -0.05) is 0 Å². The highest BCUT2D eigenvalue weighted by atomic mass is 16.5. The first kappa shape index (κ1) is 13.4. The van der Waals surface area contributed by atoms with Crippen molar-refractivity contribution in [2.45, 2.75) is 6.10 Å². The first-order valence-corrected chi connectivity index (χ1v) is 5.18. The zero-order chi connectivity index (χ0) is 12.8. The lowest BCUT2D eigenvalue weighted by Crippen LogP contribution is -2.36. The number of nitrogen functional groups attached to an aromatic ring is 1. The van der Waals surface area contributed by atoms with Gasteiger partial charge in [0.2, 0.25) is 0 Å². The van der Waals surface area contributed by atoms with Gasteiger partial charge in [0.15, 0.2) is 0 Å². The number of rotatable bonds is 5. The van der Waals surface area contributed by atoms with Crippen molar-refractivity contribution in [3.63, 3.8) is 0 Å².